The third-order valence-corrected chi connectivity index (χ3v) is 4.83. The smallest absolute Gasteiger partial charge is 0.316 e. The van der Waals surface area contributed by atoms with Crippen LogP contribution in [0, 0.1) is 6.92 Å². The number of nitrogen functional groups attached to an aromatic ring is 1. The first-order chi connectivity index (χ1) is 13.1. The number of urea groups is 1. The van der Waals surface area contributed by atoms with Crippen molar-refractivity contribution in [2.45, 2.75) is 11.8 Å². The number of fused-ring (bicyclic) bond motifs is 1. The molecule has 10 heteroatoms. The predicted octanol–water partition coefficient (Wildman–Crippen LogP) is 3.88. The van der Waals surface area contributed by atoms with Crippen molar-refractivity contribution < 1.29 is 17.8 Å². The molecule has 0 aliphatic carbocycles. The lowest BCUT2D eigenvalue weighted by atomic mass is 10.1. The van der Waals surface area contributed by atoms with Gasteiger partial charge in [0.2, 0.25) is 0 Å². The lowest BCUT2D eigenvalue weighted by Gasteiger charge is -2.08. The number of nitrogens with zero attached hydrogens (tertiary/aromatic N) is 2. The molecule has 0 unspecified atom stereocenters. The highest BCUT2D eigenvalue weighted by atomic mass is 32.2. The van der Waals surface area contributed by atoms with Crippen LogP contribution in [0.25, 0.3) is 10.8 Å². The van der Waals surface area contributed by atoms with Crippen LogP contribution in [0.1, 0.15) is 5.56 Å². The zero-order chi connectivity index (χ0) is 20.5. The fourth-order valence-electron chi connectivity index (χ4n) is 2.68. The number of amides is 2. The summed E-state index contributed by atoms with van der Waals surface area (Å²) in [6.07, 6.45) is 0. The van der Waals surface area contributed by atoms with Crippen LogP contribution in [0.3, 0.4) is 0 Å². The van der Waals surface area contributed by atoms with Crippen molar-refractivity contribution in [2.75, 3.05) is 11.1 Å². The highest BCUT2D eigenvalue weighted by Crippen LogP contribution is 2.35. The zero-order valence-electron chi connectivity index (χ0n) is 14.7. The van der Waals surface area contributed by atoms with Gasteiger partial charge in [-0.1, -0.05) is 18.2 Å². The molecule has 0 heterocycles. The Morgan fingerprint density at radius 2 is 1.79 bits per heavy atom. The molecule has 3 aromatic carbocycles. The van der Waals surface area contributed by atoms with Crippen LogP contribution in [-0.2, 0) is 10.1 Å². The SMILES string of the molecule is Cc1ccc(N=Nc2cc3c(N)cccc3cc2S(=O)(=O)O)c(NC(N)=O)c1. The van der Waals surface area contributed by atoms with Gasteiger partial charge in [-0.05, 0) is 48.2 Å². The Kier molecular flexibility index (Phi) is 4.99. The van der Waals surface area contributed by atoms with E-state index in [9.17, 15) is 17.8 Å². The van der Waals surface area contributed by atoms with Crippen molar-refractivity contribution in [3.63, 3.8) is 0 Å². The minimum atomic E-state index is -4.56. The molecule has 28 heavy (non-hydrogen) atoms. The fraction of sp³-hybridized carbons (Fsp3) is 0.0556. The fourth-order valence-corrected chi connectivity index (χ4v) is 3.32. The van der Waals surface area contributed by atoms with Gasteiger partial charge in [-0.3, -0.25) is 4.55 Å². The number of nitrogens with two attached hydrogens (primary N) is 2. The first-order valence-electron chi connectivity index (χ1n) is 8.04. The molecule has 0 saturated heterocycles. The molecule has 6 N–H and O–H groups in total. The summed E-state index contributed by atoms with van der Waals surface area (Å²) >= 11 is 0. The normalized spacial score (nSPS) is 11.8. The Hall–Kier alpha value is -3.50. The van der Waals surface area contributed by atoms with E-state index in [4.69, 9.17) is 11.5 Å². The Balaban J connectivity index is 2.16. The minimum Gasteiger partial charge on any atom is -0.398 e. The lowest BCUT2D eigenvalue weighted by molar-refractivity contribution is 0.259. The Morgan fingerprint density at radius 1 is 1.07 bits per heavy atom. The van der Waals surface area contributed by atoms with Gasteiger partial charge < -0.3 is 16.8 Å². The second-order valence-corrected chi connectivity index (χ2v) is 7.46. The van der Waals surface area contributed by atoms with E-state index in [1.165, 1.54) is 12.1 Å². The Bertz CT molecular complexity index is 1220. The summed E-state index contributed by atoms with van der Waals surface area (Å²) in [5.74, 6) is 0. The van der Waals surface area contributed by atoms with Crippen LogP contribution in [0.4, 0.5) is 27.5 Å². The molecule has 3 rings (SSSR count). The van der Waals surface area contributed by atoms with Gasteiger partial charge in [0.15, 0.2) is 0 Å². The van der Waals surface area contributed by atoms with Gasteiger partial charge in [0.05, 0.1) is 5.69 Å². The molecule has 0 saturated carbocycles. The standard InChI is InChI=1S/C18H17N5O4S/c1-10-5-6-14(15(7-10)21-18(20)24)22-23-16-9-12-11(3-2-4-13(12)19)8-17(16)28(25,26)27/h2-9H,19H2,1H3,(H3,20,21,24)(H,25,26,27). The van der Waals surface area contributed by atoms with E-state index >= 15 is 0 Å². The van der Waals surface area contributed by atoms with Crippen molar-refractivity contribution in [1.29, 1.82) is 0 Å². The number of primary amides is 1. The zero-order valence-corrected chi connectivity index (χ0v) is 15.6. The lowest BCUT2D eigenvalue weighted by Crippen LogP contribution is -2.19. The second-order valence-electron chi connectivity index (χ2n) is 6.07. The summed E-state index contributed by atoms with van der Waals surface area (Å²) in [7, 11) is -4.56. The number of hydrogen-bond donors (Lipinski definition) is 4. The van der Waals surface area contributed by atoms with Crippen LogP contribution >= 0.6 is 0 Å². The molecule has 0 aliphatic heterocycles. The van der Waals surface area contributed by atoms with Gasteiger partial charge in [0, 0.05) is 11.1 Å². The third-order valence-electron chi connectivity index (χ3n) is 3.95. The molecule has 9 nitrogen and oxygen atoms in total. The highest BCUT2D eigenvalue weighted by molar-refractivity contribution is 7.86. The van der Waals surface area contributed by atoms with Gasteiger partial charge in [0.1, 0.15) is 16.3 Å². The molecular formula is C18H17N5O4S. The predicted molar refractivity (Wildman–Crippen MR) is 107 cm³/mol. The molecule has 0 aliphatic rings. The highest BCUT2D eigenvalue weighted by Gasteiger charge is 2.18. The molecule has 0 atom stereocenters. The summed E-state index contributed by atoms with van der Waals surface area (Å²) in [4.78, 5) is 10.8. The number of rotatable bonds is 4. The molecule has 2 amide bonds. The van der Waals surface area contributed by atoms with E-state index in [1.807, 2.05) is 6.92 Å². The molecule has 0 radical (unpaired) electrons. The van der Waals surface area contributed by atoms with Crippen molar-refractivity contribution in [2.24, 2.45) is 16.0 Å². The van der Waals surface area contributed by atoms with Crippen LogP contribution in [0.2, 0.25) is 0 Å². The third kappa shape index (κ3) is 4.08. The quantitative estimate of drug-likeness (QED) is 0.297. The number of azo groups is 1. The van der Waals surface area contributed by atoms with Gasteiger partial charge in [-0.2, -0.15) is 8.42 Å². The van der Waals surface area contributed by atoms with Crippen LogP contribution in [0.15, 0.2) is 63.7 Å². The number of carbonyl (C=O) groups is 1. The Morgan fingerprint density at radius 3 is 2.46 bits per heavy atom. The maximum atomic E-state index is 11.8. The Labute approximate surface area is 160 Å². The maximum Gasteiger partial charge on any atom is 0.316 e. The first kappa shape index (κ1) is 19.3. The van der Waals surface area contributed by atoms with Gasteiger partial charge in [0.25, 0.3) is 10.1 Å². The number of anilines is 2. The van der Waals surface area contributed by atoms with Gasteiger partial charge in [-0.15, -0.1) is 10.2 Å². The second kappa shape index (κ2) is 7.25. The average Bonchev–Trinajstić information content (AvgIpc) is 2.59. The summed E-state index contributed by atoms with van der Waals surface area (Å²) in [6, 6.07) is 11.9. The molecule has 0 spiro atoms. The van der Waals surface area contributed by atoms with Crippen molar-refractivity contribution in [3.05, 3.63) is 54.1 Å². The largest absolute Gasteiger partial charge is 0.398 e. The number of benzene rings is 3. The summed E-state index contributed by atoms with van der Waals surface area (Å²) in [5.41, 5.74) is 12.8. The van der Waals surface area contributed by atoms with E-state index in [0.29, 0.717) is 22.1 Å². The first-order valence-corrected chi connectivity index (χ1v) is 9.48. The van der Waals surface area contributed by atoms with Crippen molar-refractivity contribution in [1.82, 2.24) is 0 Å². The van der Waals surface area contributed by atoms with Gasteiger partial charge >= 0.3 is 6.03 Å². The van der Waals surface area contributed by atoms with E-state index in [-0.39, 0.29) is 11.4 Å². The monoisotopic (exact) mass is 399 g/mol. The molecule has 3 aromatic rings. The molecule has 0 fully saturated rings. The number of nitrogens with one attached hydrogen (secondary N) is 1. The van der Waals surface area contributed by atoms with Crippen LogP contribution < -0.4 is 16.8 Å². The van der Waals surface area contributed by atoms with E-state index in [0.717, 1.165) is 5.56 Å². The van der Waals surface area contributed by atoms with E-state index in [1.54, 1.807) is 36.4 Å². The average molecular weight is 399 g/mol. The molecule has 0 aromatic heterocycles. The van der Waals surface area contributed by atoms with E-state index in [2.05, 4.69) is 15.5 Å². The van der Waals surface area contributed by atoms with E-state index < -0.39 is 21.0 Å². The van der Waals surface area contributed by atoms with Crippen molar-refractivity contribution in [3.8, 4) is 0 Å². The topological polar surface area (TPSA) is 160 Å². The number of aryl methyl sites for hydroxylation is 1. The molecule has 144 valence electrons. The summed E-state index contributed by atoms with van der Waals surface area (Å²) in [6.45, 7) is 1.82. The molecule has 0 bridgehead atoms. The van der Waals surface area contributed by atoms with Crippen LogP contribution in [0.5, 0.6) is 0 Å². The van der Waals surface area contributed by atoms with Crippen LogP contribution in [-0.4, -0.2) is 19.0 Å². The maximum absolute atomic E-state index is 11.8. The molecular weight excluding hydrogens is 382 g/mol. The summed E-state index contributed by atoms with van der Waals surface area (Å²) < 4.78 is 33.2. The van der Waals surface area contributed by atoms with Crippen molar-refractivity contribution >= 4 is 49.7 Å². The number of hydrogen-bond acceptors (Lipinski definition) is 6. The minimum absolute atomic E-state index is 0.0986. The number of carbonyl (C=O) groups excluding carboxylic acids is 1. The van der Waals surface area contributed by atoms with Gasteiger partial charge in [-0.25, -0.2) is 4.79 Å². The summed E-state index contributed by atoms with van der Waals surface area (Å²) in [5, 5.41) is 11.5.